The minimum atomic E-state index is -0.969. The predicted molar refractivity (Wildman–Crippen MR) is 88.9 cm³/mol. The first-order valence-electron chi connectivity index (χ1n) is 7.36. The molecule has 0 aliphatic rings. The van der Waals surface area contributed by atoms with Crippen LogP contribution >= 0.6 is 11.3 Å². The van der Waals surface area contributed by atoms with Gasteiger partial charge in [-0.2, -0.15) is 5.26 Å². The smallest absolute Gasteiger partial charge is 0.347 e. The van der Waals surface area contributed by atoms with Gasteiger partial charge in [-0.15, -0.1) is 11.3 Å². The number of thiazole rings is 1. The third-order valence-electron chi connectivity index (χ3n) is 3.15. The van der Waals surface area contributed by atoms with Crippen LogP contribution in [0.4, 0.5) is 0 Å². The second-order valence-corrected chi connectivity index (χ2v) is 6.48. The first-order chi connectivity index (χ1) is 11.0. The fourth-order valence-electron chi connectivity index (χ4n) is 2.01. The molecule has 120 valence electrons. The summed E-state index contributed by atoms with van der Waals surface area (Å²) in [6, 6.07) is 7.36. The average Bonchev–Trinajstić information content (AvgIpc) is 2.97. The molecule has 1 aromatic carbocycles. The van der Waals surface area contributed by atoms with Gasteiger partial charge >= 0.3 is 5.97 Å². The van der Waals surface area contributed by atoms with Gasteiger partial charge in [-0.05, 0) is 30.5 Å². The van der Waals surface area contributed by atoms with Crippen LogP contribution in [0.5, 0.6) is 5.75 Å². The number of carboxylic acid groups (broad SMARTS) is 1. The van der Waals surface area contributed by atoms with Crippen LogP contribution in [-0.2, 0) is 6.42 Å². The fourth-order valence-corrected chi connectivity index (χ4v) is 3.00. The van der Waals surface area contributed by atoms with E-state index in [0.29, 0.717) is 41.0 Å². The third-order valence-corrected chi connectivity index (χ3v) is 4.28. The molecule has 0 saturated carbocycles. The summed E-state index contributed by atoms with van der Waals surface area (Å²) in [5, 5.41) is 19.1. The molecule has 0 amide bonds. The van der Waals surface area contributed by atoms with Crippen LogP contribution in [-0.4, -0.2) is 22.7 Å². The number of benzene rings is 1. The van der Waals surface area contributed by atoms with Crippen LogP contribution in [0.3, 0.4) is 0 Å². The van der Waals surface area contributed by atoms with Crippen molar-refractivity contribution >= 4 is 17.3 Å². The molecule has 0 unspecified atom stereocenters. The first kappa shape index (κ1) is 17.0. The number of carbonyl (C=O) groups is 1. The van der Waals surface area contributed by atoms with Gasteiger partial charge in [0.2, 0.25) is 0 Å². The molecule has 5 nitrogen and oxygen atoms in total. The second-order valence-electron chi connectivity index (χ2n) is 5.48. The van der Waals surface area contributed by atoms with Gasteiger partial charge in [0.25, 0.3) is 0 Å². The van der Waals surface area contributed by atoms with E-state index in [2.05, 4.69) is 11.1 Å². The van der Waals surface area contributed by atoms with Crippen LogP contribution in [0.25, 0.3) is 10.6 Å². The summed E-state index contributed by atoms with van der Waals surface area (Å²) in [4.78, 5) is 15.9. The van der Waals surface area contributed by atoms with E-state index < -0.39 is 5.97 Å². The molecule has 23 heavy (non-hydrogen) atoms. The van der Waals surface area contributed by atoms with Gasteiger partial charge in [0, 0.05) is 5.56 Å². The van der Waals surface area contributed by atoms with Crippen molar-refractivity contribution in [3.05, 3.63) is 34.3 Å². The standard InChI is InChI=1S/C17H18N2O3S/c1-4-13-15(17(20)21)23-16(19-13)11-5-6-14(12(7-11)8-18)22-9-10(2)3/h5-7,10H,4,9H2,1-3H3,(H,20,21). The van der Waals surface area contributed by atoms with Gasteiger partial charge < -0.3 is 9.84 Å². The Hall–Kier alpha value is -2.39. The molecule has 0 atom stereocenters. The molecule has 0 aliphatic carbocycles. The summed E-state index contributed by atoms with van der Waals surface area (Å²) < 4.78 is 5.64. The molecule has 2 aromatic rings. The largest absolute Gasteiger partial charge is 0.492 e. The van der Waals surface area contributed by atoms with Crippen LogP contribution in [0.2, 0.25) is 0 Å². The number of rotatable bonds is 6. The molecule has 0 saturated heterocycles. The number of aryl methyl sites for hydroxylation is 1. The number of hydrogen-bond acceptors (Lipinski definition) is 5. The molecule has 0 aliphatic heterocycles. The Balaban J connectivity index is 2.38. The number of aromatic nitrogens is 1. The number of hydrogen-bond donors (Lipinski definition) is 1. The first-order valence-corrected chi connectivity index (χ1v) is 8.18. The molecule has 1 aromatic heterocycles. The SMILES string of the molecule is CCc1nc(-c2ccc(OCC(C)C)c(C#N)c2)sc1C(=O)O. The normalized spacial score (nSPS) is 10.6. The average molecular weight is 330 g/mol. The molecule has 6 heteroatoms. The van der Waals surface area contributed by atoms with Crippen LogP contribution < -0.4 is 4.74 Å². The van der Waals surface area contributed by atoms with Gasteiger partial charge in [-0.3, -0.25) is 0 Å². The molecule has 0 fully saturated rings. The maximum atomic E-state index is 11.2. The molecule has 0 bridgehead atoms. The molecular weight excluding hydrogens is 312 g/mol. The molecular formula is C17H18N2O3S. The van der Waals surface area contributed by atoms with Gasteiger partial charge in [0.05, 0.1) is 17.9 Å². The Bertz CT molecular complexity index is 760. The summed E-state index contributed by atoms with van der Waals surface area (Å²) >= 11 is 1.13. The van der Waals surface area contributed by atoms with Gasteiger partial charge in [0.1, 0.15) is 21.7 Å². The Morgan fingerprint density at radius 3 is 2.74 bits per heavy atom. The number of nitriles is 1. The number of aromatic carboxylic acids is 1. The summed E-state index contributed by atoms with van der Waals surface area (Å²) in [7, 11) is 0. The zero-order chi connectivity index (χ0) is 17.0. The molecule has 2 rings (SSSR count). The maximum Gasteiger partial charge on any atom is 0.347 e. The molecule has 0 radical (unpaired) electrons. The van der Waals surface area contributed by atoms with Crippen molar-refractivity contribution in [2.75, 3.05) is 6.61 Å². The number of carboxylic acids is 1. The highest BCUT2D eigenvalue weighted by Crippen LogP contribution is 2.31. The van der Waals surface area contributed by atoms with Crippen molar-refractivity contribution < 1.29 is 14.6 Å². The monoisotopic (exact) mass is 330 g/mol. The van der Waals surface area contributed by atoms with Crippen molar-refractivity contribution in [1.82, 2.24) is 4.98 Å². The highest BCUT2D eigenvalue weighted by atomic mass is 32.1. The van der Waals surface area contributed by atoms with Crippen LogP contribution in [0.1, 0.15) is 41.7 Å². The highest BCUT2D eigenvalue weighted by Gasteiger charge is 2.17. The van der Waals surface area contributed by atoms with E-state index in [1.807, 2.05) is 20.8 Å². The topological polar surface area (TPSA) is 83.2 Å². The molecule has 0 spiro atoms. The second kappa shape index (κ2) is 7.25. The van der Waals surface area contributed by atoms with E-state index >= 15 is 0 Å². The molecule has 1 N–H and O–H groups in total. The van der Waals surface area contributed by atoms with Gasteiger partial charge in [0.15, 0.2) is 0 Å². The van der Waals surface area contributed by atoms with Crippen molar-refractivity contribution in [2.45, 2.75) is 27.2 Å². The fraction of sp³-hybridized carbons (Fsp3) is 0.353. The van der Waals surface area contributed by atoms with E-state index in [0.717, 1.165) is 16.9 Å². The van der Waals surface area contributed by atoms with Gasteiger partial charge in [-0.25, -0.2) is 9.78 Å². The molecule has 1 heterocycles. The highest BCUT2D eigenvalue weighted by molar-refractivity contribution is 7.17. The van der Waals surface area contributed by atoms with E-state index in [1.165, 1.54) is 0 Å². The maximum absolute atomic E-state index is 11.2. The minimum absolute atomic E-state index is 0.251. The van der Waals surface area contributed by atoms with Crippen molar-refractivity contribution in [1.29, 1.82) is 5.26 Å². The Morgan fingerprint density at radius 2 is 2.22 bits per heavy atom. The van der Waals surface area contributed by atoms with E-state index in [9.17, 15) is 15.2 Å². The van der Waals surface area contributed by atoms with E-state index in [-0.39, 0.29) is 4.88 Å². The van der Waals surface area contributed by atoms with Crippen LogP contribution in [0, 0.1) is 17.2 Å². The lowest BCUT2D eigenvalue weighted by Crippen LogP contribution is -2.05. The third kappa shape index (κ3) is 3.88. The van der Waals surface area contributed by atoms with Crippen molar-refractivity contribution in [3.8, 4) is 22.4 Å². The summed E-state index contributed by atoms with van der Waals surface area (Å²) in [6.45, 7) is 6.48. The zero-order valence-electron chi connectivity index (χ0n) is 13.3. The summed E-state index contributed by atoms with van der Waals surface area (Å²) in [5.41, 5.74) is 1.72. The summed E-state index contributed by atoms with van der Waals surface area (Å²) in [5.74, 6) is -0.0657. The minimum Gasteiger partial charge on any atom is -0.492 e. The Kier molecular flexibility index (Phi) is 5.35. The Labute approximate surface area is 139 Å². The predicted octanol–water partition coefficient (Wildman–Crippen LogP) is 3.98. The van der Waals surface area contributed by atoms with Gasteiger partial charge in [-0.1, -0.05) is 20.8 Å². The quantitative estimate of drug-likeness (QED) is 0.866. The lowest BCUT2D eigenvalue weighted by Gasteiger charge is -2.10. The summed E-state index contributed by atoms with van der Waals surface area (Å²) in [6.07, 6.45) is 0.554. The lowest BCUT2D eigenvalue weighted by molar-refractivity contribution is 0.0701. The van der Waals surface area contributed by atoms with Crippen molar-refractivity contribution in [2.24, 2.45) is 5.92 Å². The Morgan fingerprint density at radius 1 is 1.48 bits per heavy atom. The van der Waals surface area contributed by atoms with Crippen LogP contribution in [0.15, 0.2) is 18.2 Å². The van der Waals surface area contributed by atoms with E-state index in [4.69, 9.17) is 4.74 Å². The van der Waals surface area contributed by atoms with E-state index in [1.54, 1.807) is 18.2 Å². The number of nitrogens with zero attached hydrogens (tertiary/aromatic N) is 2. The van der Waals surface area contributed by atoms with Crippen molar-refractivity contribution in [3.63, 3.8) is 0 Å². The number of ether oxygens (including phenoxy) is 1. The lowest BCUT2D eigenvalue weighted by atomic mass is 10.1. The zero-order valence-corrected chi connectivity index (χ0v) is 14.1.